The molecule has 3 aromatic rings. The lowest BCUT2D eigenvalue weighted by molar-refractivity contribution is 0.102. The summed E-state index contributed by atoms with van der Waals surface area (Å²) in [6.45, 7) is 1.27. The minimum absolute atomic E-state index is 0.303. The molecule has 1 unspecified atom stereocenters. The van der Waals surface area contributed by atoms with E-state index in [1.807, 2.05) is 11.0 Å². The number of nitrogens with one attached hydrogen (secondary N) is 1. The molecule has 4 rings (SSSR count). The normalized spacial score (nSPS) is 17.4. The first kappa shape index (κ1) is 14.5. The number of fused-ring (bicyclic) bond motifs is 1. The van der Waals surface area contributed by atoms with Crippen LogP contribution in [0.2, 0.25) is 0 Å². The van der Waals surface area contributed by atoms with Crippen LogP contribution in [0.3, 0.4) is 0 Å². The van der Waals surface area contributed by atoms with E-state index in [0.29, 0.717) is 35.9 Å². The van der Waals surface area contributed by atoms with Crippen molar-refractivity contribution in [1.29, 1.82) is 0 Å². The van der Waals surface area contributed by atoms with Crippen LogP contribution in [0.5, 0.6) is 0 Å². The average molecular weight is 325 g/mol. The highest BCUT2D eigenvalue weighted by Gasteiger charge is 2.22. The predicted molar refractivity (Wildman–Crippen MR) is 85.8 cm³/mol. The molecule has 0 bridgehead atoms. The van der Waals surface area contributed by atoms with Crippen LogP contribution >= 0.6 is 0 Å². The van der Waals surface area contributed by atoms with E-state index in [4.69, 9.17) is 0 Å². The van der Waals surface area contributed by atoms with Gasteiger partial charge in [0.2, 0.25) is 0 Å². The summed E-state index contributed by atoms with van der Waals surface area (Å²) >= 11 is 0. The second-order valence-electron chi connectivity index (χ2n) is 5.56. The lowest BCUT2D eigenvalue weighted by Crippen LogP contribution is -2.23. The van der Waals surface area contributed by atoms with Crippen molar-refractivity contribution in [2.24, 2.45) is 0 Å². The number of anilines is 2. The molecule has 0 spiro atoms. The van der Waals surface area contributed by atoms with Gasteiger partial charge < -0.3 is 15.3 Å². The zero-order valence-corrected chi connectivity index (χ0v) is 12.7. The molecular weight excluding hydrogens is 310 g/mol. The number of carbonyl (C=O) groups excluding carboxylic acids is 1. The molecule has 0 aromatic carbocycles. The van der Waals surface area contributed by atoms with E-state index in [-0.39, 0.29) is 12.0 Å². The number of aliphatic hydroxyl groups excluding tert-OH is 1. The van der Waals surface area contributed by atoms with Gasteiger partial charge in [-0.2, -0.15) is 5.10 Å². The fourth-order valence-electron chi connectivity index (χ4n) is 2.69. The lowest BCUT2D eigenvalue weighted by Gasteiger charge is -2.16. The minimum Gasteiger partial charge on any atom is -0.391 e. The van der Waals surface area contributed by atoms with Crippen LogP contribution in [-0.4, -0.2) is 55.0 Å². The van der Waals surface area contributed by atoms with Gasteiger partial charge in [0.05, 0.1) is 12.3 Å². The molecule has 9 nitrogen and oxygen atoms in total. The van der Waals surface area contributed by atoms with Gasteiger partial charge in [0.1, 0.15) is 5.82 Å². The molecule has 0 radical (unpaired) electrons. The Morgan fingerprint density at radius 3 is 3.00 bits per heavy atom. The molecule has 24 heavy (non-hydrogen) atoms. The van der Waals surface area contributed by atoms with E-state index in [9.17, 15) is 9.90 Å². The van der Waals surface area contributed by atoms with Crippen molar-refractivity contribution in [2.45, 2.75) is 12.5 Å². The summed E-state index contributed by atoms with van der Waals surface area (Å²) in [6.07, 6.45) is 3.37. The summed E-state index contributed by atoms with van der Waals surface area (Å²) in [5, 5.41) is 24.4. The summed E-state index contributed by atoms with van der Waals surface area (Å²) in [5.41, 5.74) is 0.875. The van der Waals surface area contributed by atoms with Crippen molar-refractivity contribution in [1.82, 2.24) is 24.8 Å². The summed E-state index contributed by atoms with van der Waals surface area (Å²) < 4.78 is 1.49. The third-order valence-electron chi connectivity index (χ3n) is 3.88. The molecule has 1 aliphatic heterocycles. The van der Waals surface area contributed by atoms with Crippen LogP contribution in [-0.2, 0) is 0 Å². The lowest BCUT2D eigenvalue weighted by atomic mass is 10.3. The summed E-state index contributed by atoms with van der Waals surface area (Å²) in [5.74, 6) is 0.691. The summed E-state index contributed by atoms with van der Waals surface area (Å²) in [6, 6.07) is 6.97. The van der Waals surface area contributed by atoms with Crippen molar-refractivity contribution in [2.75, 3.05) is 23.3 Å². The van der Waals surface area contributed by atoms with E-state index >= 15 is 0 Å². The highest BCUT2D eigenvalue weighted by Crippen LogP contribution is 2.19. The molecule has 2 N–H and O–H groups in total. The van der Waals surface area contributed by atoms with Gasteiger partial charge in [-0.05, 0) is 30.7 Å². The topological polar surface area (TPSA) is 109 Å². The molecule has 0 aliphatic carbocycles. The van der Waals surface area contributed by atoms with Gasteiger partial charge in [-0.25, -0.2) is 9.50 Å². The Labute approximate surface area is 137 Å². The second-order valence-corrected chi connectivity index (χ2v) is 5.56. The highest BCUT2D eigenvalue weighted by molar-refractivity contribution is 6.02. The number of aliphatic hydroxyl groups is 1. The van der Waals surface area contributed by atoms with Crippen LogP contribution in [0, 0.1) is 0 Å². The average Bonchev–Trinajstić information content (AvgIpc) is 3.21. The van der Waals surface area contributed by atoms with Crippen LogP contribution < -0.4 is 10.2 Å². The number of hydrogen-bond acceptors (Lipinski definition) is 7. The van der Waals surface area contributed by atoms with E-state index in [1.54, 1.807) is 18.2 Å². The first-order valence-corrected chi connectivity index (χ1v) is 7.57. The first-order chi connectivity index (χ1) is 11.7. The van der Waals surface area contributed by atoms with Gasteiger partial charge in [-0.3, -0.25) is 4.79 Å². The highest BCUT2D eigenvalue weighted by atomic mass is 16.3. The molecule has 1 saturated heterocycles. The quantitative estimate of drug-likeness (QED) is 0.715. The maximum Gasteiger partial charge on any atom is 0.277 e. The number of hydrogen-bond donors (Lipinski definition) is 2. The number of imidazole rings is 1. The Hall–Kier alpha value is -3.07. The van der Waals surface area contributed by atoms with Crippen molar-refractivity contribution >= 4 is 23.2 Å². The van der Waals surface area contributed by atoms with Gasteiger partial charge in [0.15, 0.2) is 17.2 Å². The van der Waals surface area contributed by atoms with Gasteiger partial charge in [0, 0.05) is 19.3 Å². The van der Waals surface area contributed by atoms with Gasteiger partial charge >= 0.3 is 0 Å². The number of aromatic nitrogens is 5. The molecule has 1 amide bonds. The number of amides is 1. The largest absolute Gasteiger partial charge is 0.391 e. The first-order valence-electron chi connectivity index (χ1n) is 7.57. The van der Waals surface area contributed by atoms with E-state index in [0.717, 1.165) is 6.54 Å². The van der Waals surface area contributed by atoms with Crippen LogP contribution in [0.1, 0.15) is 16.9 Å². The molecule has 1 atom stereocenters. The Morgan fingerprint density at radius 2 is 2.25 bits per heavy atom. The SMILES string of the molecule is O=C(Nc1cccnn1)c1cnc2ccc(N3CCC(O)C3)nn12. The summed E-state index contributed by atoms with van der Waals surface area (Å²) in [4.78, 5) is 18.6. The fraction of sp³-hybridized carbons (Fsp3) is 0.267. The van der Waals surface area contributed by atoms with E-state index in [2.05, 4.69) is 25.6 Å². The fourth-order valence-corrected chi connectivity index (χ4v) is 2.69. The van der Waals surface area contributed by atoms with E-state index < -0.39 is 0 Å². The number of β-amino-alcohol motifs (C(OH)–C–C–N with tert-alkyl or cyclic N) is 1. The molecule has 1 aliphatic rings. The molecule has 122 valence electrons. The monoisotopic (exact) mass is 325 g/mol. The molecule has 0 saturated carbocycles. The van der Waals surface area contributed by atoms with Crippen LogP contribution in [0.4, 0.5) is 11.6 Å². The summed E-state index contributed by atoms with van der Waals surface area (Å²) in [7, 11) is 0. The van der Waals surface area contributed by atoms with Gasteiger partial charge in [-0.1, -0.05) is 0 Å². The van der Waals surface area contributed by atoms with Crippen molar-refractivity contribution in [3.8, 4) is 0 Å². The smallest absolute Gasteiger partial charge is 0.277 e. The second kappa shape index (κ2) is 5.85. The van der Waals surface area contributed by atoms with Gasteiger partial charge in [0.25, 0.3) is 5.91 Å². The van der Waals surface area contributed by atoms with Crippen LogP contribution in [0.25, 0.3) is 5.65 Å². The predicted octanol–water partition coefficient (Wildman–Crippen LogP) is 0.343. The van der Waals surface area contributed by atoms with Crippen molar-refractivity contribution < 1.29 is 9.90 Å². The molecule has 1 fully saturated rings. The Bertz CT molecular complexity index is 880. The Kier molecular flexibility index (Phi) is 3.54. The third-order valence-corrected chi connectivity index (χ3v) is 3.88. The molecule has 4 heterocycles. The number of nitrogens with zero attached hydrogens (tertiary/aromatic N) is 6. The maximum absolute atomic E-state index is 12.4. The van der Waals surface area contributed by atoms with E-state index in [1.165, 1.54) is 16.9 Å². The zero-order chi connectivity index (χ0) is 16.5. The Balaban J connectivity index is 1.64. The molecular formula is C15H15N7O2. The number of rotatable bonds is 3. The molecule has 9 heteroatoms. The Morgan fingerprint density at radius 1 is 1.33 bits per heavy atom. The number of carbonyl (C=O) groups is 1. The van der Waals surface area contributed by atoms with Crippen LogP contribution in [0.15, 0.2) is 36.7 Å². The molecule has 3 aromatic heterocycles. The zero-order valence-electron chi connectivity index (χ0n) is 12.7. The standard InChI is InChI=1S/C15H15N7O2/c23-10-5-7-21(9-10)14-4-3-13-16-8-11(22(13)20-14)15(24)18-12-2-1-6-17-19-12/h1-4,6,8,10,23H,5,7,9H2,(H,18,19,24). The minimum atomic E-state index is -0.367. The van der Waals surface area contributed by atoms with Crippen molar-refractivity contribution in [3.63, 3.8) is 0 Å². The maximum atomic E-state index is 12.4. The third kappa shape index (κ3) is 2.65. The van der Waals surface area contributed by atoms with Crippen molar-refractivity contribution in [3.05, 3.63) is 42.4 Å². The van der Waals surface area contributed by atoms with Gasteiger partial charge in [-0.15, -0.1) is 10.2 Å².